The Balaban J connectivity index is 2.58. The molecule has 0 spiro atoms. The lowest BCUT2D eigenvalue weighted by Gasteiger charge is -2.26. The highest BCUT2D eigenvalue weighted by atomic mass is 35.5. The zero-order valence-corrected chi connectivity index (χ0v) is 14.6. The number of benzene rings is 1. The van der Waals surface area contributed by atoms with Gasteiger partial charge < -0.3 is 10.0 Å². The number of nitrogens with zero attached hydrogens (tertiary/aromatic N) is 1. The molecule has 0 bridgehead atoms. The van der Waals surface area contributed by atoms with Gasteiger partial charge in [0.25, 0.3) is 0 Å². The fourth-order valence-corrected chi connectivity index (χ4v) is 2.34. The Kier molecular flexibility index (Phi) is 8.31. The number of hydrogen-bond acceptors (Lipinski definition) is 2. The van der Waals surface area contributed by atoms with Crippen molar-refractivity contribution in [1.82, 2.24) is 4.90 Å². The topological polar surface area (TPSA) is 23.5 Å². The van der Waals surface area contributed by atoms with Crippen LogP contribution in [0.2, 0.25) is 5.02 Å². The van der Waals surface area contributed by atoms with E-state index < -0.39 is 6.10 Å². The quantitative estimate of drug-likeness (QED) is 0.710. The molecule has 0 aliphatic carbocycles. The molecular formula is C18H30ClNO. The summed E-state index contributed by atoms with van der Waals surface area (Å²) < 4.78 is 0. The molecule has 3 heteroatoms. The molecule has 1 N–H and O–H groups in total. The molecule has 1 rings (SSSR count). The summed E-state index contributed by atoms with van der Waals surface area (Å²) in [7, 11) is 0. The molecule has 1 aromatic carbocycles. The first-order valence-electron chi connectivity index (χ1n) is 8.04. The summed E-state index contributed by atoms with van der Waals surface area (Å²) in [6, 6.07) is 7.51. The largest absolute Gasteiger partial charge is 0.387 e. The zero-order chi connectivity index (χ0) is 15.8. The third-order valence-electron chi connectivity index (χ3n) is 3.73. The first-order valence-corrected chi connectivity index (χ1v) is 8.42. The second-order valence-electron chi connectivity index (χ2n) is 6.73. The van der Waals surface area contributed by atoms with Crippen molar-refractivity contribution >= 4 is 11.6 Å². The predicted octanol–water partition coefficient (Wildman–Crippen LogP) is 4.77. The summed E-state index contributed by atoms with van der Waals surface area (Å²) >= 11 is 5.90. The molecule has 120 valence electrons. The summed E-state index contributed by atoms with van der Waals surface area (Å²) in [5.74, 6) is 1.39. The van der Waals surface area contributed by atoms with Gasteiger partial charge in [-0.1, -0.05) is 51.4 Å². The van der Waals surface area contributed by atoms with Gasteiger partial charge >= 0.3 is 0 Å². The highest BCUT2D eigenvalue weighted by molar-refractivity contribution is 6.30. The van der Waals surface area contributed by atoms with Crippen LogP contribution in [0.25, 0.3) is 0 Å². The van der Waals surface area contributed by atoms with Crippen LogP contribution in [0, 0.1) is 11.8 Å². The molecule has 0 aliphatic rings. The second kappa shape index (κ2) is 9.45. The lowest BCUT2D eigenvalue weighted by molar-refractivity contribution is 0.107. The van der Waals surface area contributed by atoms with Gasteiger partial charge in [0.1, 0.15) is 0 Å². The van der Waals surface area contributed by atoms with Crippen LogP contribution in [-0.4, -0.2) is 29.6 Å². The maximum atomic E-state index is 10.4. The van der Waals surface area contributed by atoms with E-state index in [0.717, 1.165) is 18.7 Å². The summed E-state index contributed by atoms with van der Waals surface area (Å²) in [6.45, 7) is 11.8. The van der Waals surface area contributed by atoms with Crippen molar-refractivity contribution in [3.8, 4) is 0 Å². The van der Waals surface area contributed by atoms with Gasteiger partial charge in [0, 0.05) is 11.6 Å². The number of aliphatic hydroxyl groups excluding tert-OH is 1. The summed E-state index contributed by atoms with van der Waals surface area (Å²) in [5, 5.41) is 11.1. The highest BCUT2D eigenvalue weighted by Crippen LogP contribution is 2.18. The van der Waals surface area contributed by atoms with Gasteiger partial charge in [-0.05, 0) is 55.5 Å². The highest BCUT2D eigenvalue weighted by Gasteiger charge is 2.14. The number of halogens is 1. The van der Waals surface area contributed by atoms with Crippen LogP contribution < -0.4 is 0 Å². The minimum absolute atomic E-state index is 0.443. The molecule has 1 atom stereocenters. The Morgan fingerprint density at radius 2 is 1.43 bits per heavy atom. The SMILES string of the molecule is CC(C)CCN(CCC(C)C)C[C@@H](O)c1ccc(Cl)cc1. The molecule has 1 aromatic rings. The van der Waals surface area contributed by atoms with Crippen LogP contribution >= 0.6 is 11.6 Å². The first kappa shape index (κ1) is 18.5. The molecule has 0 radical (unpaired) electrons. The van der Waals surface area contributed by atoms with Crippen molar-refractivity contribution in [3.05, 3.63) is 34.9 Å². The first-order chi connectivity index (χ1) is 9.88. The summed E-state index contributed by atoms with van der Waals surface area (Å²) in [4.78, 5) is 2.39. The van der Waals surface area contributed by atoms with E-state index in [1.165, 1.54) is 12.8 Å². The van der Waals surface area contributed by atoms with Gasteiger partial charge in [-0.25, -0.2) is 0 Å². The van der Waals surface area contributed by atoms with E-state index in [1.54, 1.807) is 0 Å². The third-order valence-corrected chi connectivity index (χ3v) is 3.98. The lowest BCUT2D eigenvalue weighted by Crippen LogP contribution is -2.32. The third kappa shape index (κ3) is 7.85. The van der Waals surface area contributed by atoms with E-state index in [1.807, 2.05) is 24.3 Å². The molecular weight excluding hydrogens is 282 g/mol. The van der Waals surface area contributed by atoms with E-state index in [4.69, 9.17) is 11.6 Å². The minimum Gasteiger partial charge on any atom is -0.387 e. The Morgan fingerprint density at radius 3 is 1.86 bits per heavy atom. The molecule has 0 saturated carbocycles. The van der Waals surface area contributed by atoms with Crippen molar-refractivity contribution in [2.75, 3.05) is 19.6 Å². The van der Waals surface area contributed by atoms with Crippen LogP contribution in [0.5, 0.6) is 0 Å². The standard InChI is InChI=1S/C18H30ClNO/c1-14(2)9-11-20(12-10-15(3)4)13-18(21)16-5-7-17(19)8-6-16/h5-8,14-15,18,21H,9-13H2,1-4H3/t18-/m1/s1. The number of rotatable bonds is 9. The zero-order valence-electron chi connectivity index (χ0n) is 13.8. The van der Waals surface area contributed by atoms with E-state index >= 15 is 0 Å². The van der Waals surface area contributed by atoms with Crippen molar-refractivity contribution < 1.29 is 5.11 Å². The van der Waals surface area contributed by atoms with Crippen LogP contribution in [0.3, 0.4) is 0 Å². The van der Waals surface area contributed by atoms with Crippen LogP contribution in [0.15, 0.2) is 24.3 Å². The van der Waals surface area contributed by atoms with Gasteiger partial charge in [0.2, 0.25) is 0 Å². The Hall–Kier alpha value is -0.570. The lowest BCUT2D eigenvalue weighted by atomic mass is 10.1. The summed E-state index contributed by atoms with van der Waals surface area (Å²) in [6.07, 6.45) is 1.90. The molecule has 0 heterocycles. The average Bonchev–Trinajstić information content (AvgIpc) is 2.42. The molecule has 0 aliphatic heterocycles. The van der Waals surface area contributed by atoms with Crippen molar-refractivity contribution in [1.29, 1.82) is 0 Å². The van der Waals surface area contributed by atoms with Gasteiger partial charge in [-0.3, -0.25) is 0 Å². The molecule has 0 unspecified atom stereocenters. The molecule has 0 saturated heterocycles. The van der Waals surface area contributed by atoms with Crippen LogP contribution in [-0.2, 0) is 0 Å². The molecule has 0 fully saturated rings. The smallest absolute Gasteiger partial charge is 0.0916 e. The van der Waals surface area contributed by atoms with Gasteiger partial charge in [-0.15, -0.1) is 0 Å². The maximum absolute atomic E-state index is 10.4. The Bertz CT molecular complexity index is 377. The molecule has 2 nitrogen and oxygen atoms in total. The summed E-state index contributed by atoms with van der Waals surface area (Å²) in [5.41, 5.74) is 0.943. The molecule has 0 amide bonds. The van der Waals surface area contributed by atoms with Crippen molar-refractivity contribution in [2.45, 2.75) is 46.6 Å². The van der Waals surface area contributed by atoms with E-state index in [-0.39, 0.29) is 0 Å². The normalized spacial score (nSPS) is 13.4. The maximum Gasteiger partial charge on any atom is 0.0916 e. The van der Waals surface area contributed by atoms with Gasteiger partial charge in [-0.2, -0.15) is 0 Å². The van der Waals surface area contributed by atoms with Gasteiger partial charge in [0.15, 0.2) is 0 Å². The monoisotopic (exact) mass is 311 g/mol. The van der Waals surface area contributed by atoms with E-state index in [2.05, 4.69) is 32.6 Å². The fourth-order valence-electron chi connectivity index (χ4n) is 2.21. The van der Waals surface area contributed by atoms with E-state index in [0.29, 0.717) is 23.4 Å². The Morgan fingerprint density at radius 1 is 0.952 bits per heavy atom. The fraction of sp³-hybridized carbons (Fsp3) is 0.667. The Labute approximate surface area is 135 Å². The van der Waals surface area contributed by atoms with Crippen LogP contribution in [0.4, 0.5) is 0 Å². The molecule has 21 heavy (non-hydrogen) atoms. The van der Waals surface area contributed by atoms with Crippen molar-refractivity contribution in [3.63, 3.8) is 0 Å². The minimum atomic E-state index is -0.443. The van der Waals surface area contributed by atoms with Crippen LogP contribution in [0.1, 0.15) is 52.2 Å². The van der Waals surface area contributed by atoms with Crippen molar-refractivity contribution in [2.24, 2.45) is 11.8 Å². The van der Waals surface area contributed by atoms with Gasteiger partial charge in [0.05, 0.1) is 6.10 Å². The number of hydrogen-bond donors (Lipinski definition) is 1. The second-order valence-corrected chi connectivity index (χ2v) is 7.17. The van der Waals surface area contributed by atoms with E-state index in [9.17, 15) is 5.11 Å². The number of aliphatic hydroxyl groups is 1. The predicted molar refractivity (Wildman–Crippen MR) is 91.8 cm³/mol. The average molecular weight is 312 g/mol. The molecule has 0 aromatic heterocycles.